The Morgan fingerprint density at radius 1 is 1.16 bits per heavy atom. The molecule has 2 aromatic carbocycles. The molecule has 2 fully saturated rings. The second-order valence-corrected chi connectivity index (χ2v) is 8.57. The fourth-order valence-electron chi connectivity index (χ4n) is 4.47. The molecular formula is C24H27ClN2O5. The minimum atomic E-state index is -0.654. The number of carbonyl (C=O) groups is 2. The topological polar surface area (TPSA) is 68.3 Å². The highest BCUT2D eigenvalue weighted by Crippen LogP contribution is 2.43. The first-order chi connectivity index (χ1) is 15.4. The second-order valence-electron chi connectivity index (χ2n) is 8.13. The predicted molar refractivity (Wildman–Crippen MR) is 122 cm³/mol. The highest BCUT2D eigenvalue weighted by atomic mass is 35.5. The van der Waals surface area contributed by atoms with Crippen LogP contribution < -0.4 is 9.80 Å². The summed E-state index contributed by atoms with van der Waals surface area (Å²) in [6, 6.07) is 15.6. The molecule has 2 saturated heterocycles. The van der Waals surface area contributed by atoms with Crippen molar-refractivity contribution in [3.63, 3.8) is 0 Å². The van der Waals surface area contributed by atoms with Crippen LogP contribution in [-0.4, -0.2) is 51.1 Å². The summed E-state index contributed by atoms with van der Waals surface area (Å²) in [5.74, 6) is -0.0400. The third-order valence-corrected chi connectivity index (χ3v) is 6.31. The average molecular weight is 459 g/mol. The van der Waals surface area contributed by atoms with Gasteiger partial charge in [0.25, 0.3) is 5.91 Å². The predicted octanol–water partition coefficient (Wildman–Crippen LogP) is 4.37. The van der Waals surface area contributed by atoms with Gasteiger partial charge in [-0.3, -0.25) is 4.79 Å². The number of nitrogens with zero attached hydrogens (tertiary/aromatic N) is 2. The lowest BCUT2D eigenvalue weighted by Gasteiger charge is -2.37. The summed E-state index contributed by atoms with van der Waals surface area (Å²) in [7, 11) is 0. The van der Waals surface area contributed by atoms with Gasteiger partial charge in [-0.15, -0.1) is 0 Å². The molecule has 170 valence electrons. The lowest BCUT2D eigenvalue weighted by Crippen LogP contribution is -2.42. The van der Waals surface area contributed by atoms with E-state index in [1.165, 1.54) is 0 Å². The number of carbonyl (C=O) groups excluding carboxylic acids is 2. The highest BCUT2D eigenvalue weighted by molar-refractivity contribution is 6.30. The van der Waals surface area contributed by atoms with Crippen molar-refractivity contribution in [3.8, 4) is 0 Å². The third-order valence-electron chi connectivity index (χ3n) is 6.06. The molecule has 2 aliphatic heterocycles. The maximum Gasteiger partial charge on any atom is 0.508 e. The number of amides is 1. The van der Waals surface area contributed by atoms with Crippen molar-refractivity contribution < 1.29 is 23.8 Å². The van der Waals surface area contributed by atoms with Crippen molar-refractivity contribution in [3.05, 3.63) is 59.1 Å². The molecule has 0 bridgehead atoms. The van der Waals surface area contributed by atoms with Crippen LogP contribution in [-0.2, 0) is 24.5 Å². The van der Waals surface area contributed by atoms with Gasteiger partial charge in [-0.05, 0) is 55.8 Å². The number of hydrogen-bond donors (Lipinski definition) is 0. The number of rotatable bonds is 5. The van der Waals surface area contributed by atoms with E-state index in [0.29, 0.717) is 31.1 Å². The van der Waals surface area contributed by atoms with E-state index in [0.717, 1.165) is 16.9 Å². The van der Waals surface area contributed by atoms with E-state index in [2.05, 4.69) is 11.8 Å². The van der Waals surface area contributed by atoms with Gasteiger partial charge >= 0.3 is 6.16 Å². The molecule has 0 aromatic heterocycles. The Labute approximate surface area is 192 Å². The zero-order chi connectivity index (χ0) is 22.7. The minimum absolute atomic E-state index is 0.0400. The summed E-state index contributed by atoms with van der Waals surface area (Å²) in [4.78, 5) is 28.1. The molecule has 2 heterocycles. The molecule has 0 unspecified atom stereocenters. The van der Waals surface area contributed by atoms with Gasteiger partial charge in [0.05, 0.1) is 25.3 Å². The van der Waals surface area contributed by atoms with Crippen LogP contribution in [0.15, 0.2) is 48.5 Å². The van der Waals surface area contributed by atoms with E-state index in [-0.39, 0.29) is 25.2 Å². The van der Waals surface area contributed by atoms with Gasteiger partial charge < -0.3 is 24.0 Å². The minimum Gasteiger partial charge on any atom is -0.435 e. The molecule has 0 N–H and O–H groups in total. The first kappa shape index (κ1) is 22.4. The molecule has 32 heavy (non-hydrogen) atoms. The van der Waals surface area contributed by atoms with Crippen LogP contribution in [0.2, 0.25) is 5.02 Å². The summed E-state index contributed by atoms with van der Waals surface area (Å²) in [6.45, 7) is 5.86. The van der Waals surface area contributed by atoms with Crippen LogP contribution in [0.4, 0.5) is 16.2 Å². The summed E-state index contributed by atoms with van der Waals surface area (Å²) in [6.07, 6.45) is -0.376. The Morgan fingerprint density at radius 3 is 2.50 bits per heavy atom. The first-order valence-corrected chi connectivity index (χ1v) is 11.1. The normalized spacial score (nSPS) is 23.3. The molecule has 0 radical (unpaired) electrons. The van der Waals surface area contributed by atoms with Gasteiger partial charge in [0.15, 0.2) is 0 Å². The van der Waals surface area contributed by atoms with Crippen LogP contribution in [0.25, 0.3) is 0 Å². The summed E-state index contributed by atoms with van der Waals surface area (Å²) >= 11 is 6.10. The maximum absolute atomic E-state index is 12.2. The van der Waals surface area contributed by atoms with Crippen molar-refractivity contribution in [1.29, 1.82) is 0 Å². The van der Waals surface area contributed by atoms with E-state index < -0.39 is 11.7 Å². The molecule has 0 spiro atoms. The van der Waals surface area contributed by atoms with Gasteiger partial charge in [-0.25, -0.2) is 4.79 Å². The summed E-state index contributed by atoms with van der Waals surface area (Å²) < 4.78 is 15.8. The number of halogens is 1. The quantitative estimate of drug-likeness (QED) is 0.620. The molecule has 4 rings (SSSR count). The number of morpholine rings is 1. The average Bonchev–Trinajstić information content (AvgIpc) is 3.12. The van der Waals surface area contributed by atoms with Crippen molar-refractivity contribution in [2.75, 3.05) is 42.7 Å². The van der Waals surface area contributed by atoms with Crippen LogP contribution >= 0.6 is 11.6 Å². The molecule has 1 amide bonds. The Balaban J connectivity index is 1.62. The van der Waals surface area contributed by atoms with Crippen LogP contribution in [0.5, 0.6) is 0 Å². The van der Waals surface area contributed by atoms with E-state index in [4.69, 9.17) is 25.8 Å². The molecular weight excluding hydrogens is 432 g/mol. The number of hydrogen-bond acceptors (Lipinski definition) is 6. The molecule has 2 aromatic rings. The molecule has 0 saturated carbocycles. The maximum atomic E-state index is 12.2. The smallest absolute Gasteiger partial charge is 0.435 e. The van der Waals surface area contributed by atoms with Crippen molar-refractivity contribution in [2.24, 2.45) is 0 Å². The van der Waals surface area contributed by atoms with Crippen molar-refractivity contribution >= 4 is 35.0 Å². The standard InChI is InChI=1S/C24H27ClN2O5/c1-3-31-23(29)32-21-14-24(2,27(15-21)20-10-6-18(25)7-11-20)17-4-8-19(9-5-17)26-12-13-30-16-22(26)28/h4-11,21H,3,12-16H2,1-2H3/t21-,24-/m1/s1. The van der Waals surface area contributed by atoms with Gasteiger partial charge in [0.1, 0.15) is 12.7 Å². The molecule has 2 aliphatic rings. The van der Waals surface area contributed by atoms with E-state index in [1.54, 1.807) is 11.8 Å². The third kappa shape index (κ3) is 4.54. The molecule has 2 atom stereocenters. The Morgan fingerprint density at radius 2 is 1.84 bits per heavy atom. The largest absolute Gasteiger partial charge is 0.508 e. The number of benzene rings is 2. The van der Waals surface area contributed by atoms with Gasteiger partial charge in [0, 0.05) is 29.4 Å². The van der Waals surface area contributed by atoms with E-state index >= 15 is 0 Å². The van der Waals surface area contributed by atoms with Crippen molar-refractivity contribution in [1.82, 2.24) is 0 Å². The fourth-order valence-corrected chi connectivity index (χ4v) is 4.59. The Bertz CT molecular complexity index is 965. The van der Waals surface area contributed by atoms with E-state index in [1.807, 2.05) is 48.5 Å². The first-order valence-electron chi connectivity index (χ1n) is 10.8. The van der Waals surface area contributed by atoms with Gasteiger partial charge in [-0.1, -0.05) is 23.7 Å². The molecule has 0 aliphatic carbocycles. The lowest BCUT2D eigenvalue weighted by molar-refractivity contribution is -0.125. The van der Waals surface area contributed by atoms with Crippen LogP contribution in [0.1, 0.15) is 25.8 Å². The fraction of sp³-hybridized carbons (Fsp3) is 0.417. The lowest BCUT2D eigenvalue weighted by atomic mass is 9.88. The van der Waals surface area contributed by atoms with Crippen LogP contribution in [0, 0.1) is 0 Å². The van der Waals surface area contributed by atoms with Crippen molar-refractivity contribution in [2.45, 2.75) is 31.9 Å². The SMILES string of the molecule is CCOC(=O)O[C@H]1CN(c2ccc(Cl)cc2)[C@@](C)(c2ccc(N3CCOCC3=O)cc2)C1. The molecule has 8 heteroatoms. The Hall–Kier alpha value is -2.77. The Kier molecular flexibility index (Phi) is 6.58. The second kappa shape index (κ2) is 9.38. The van der Waals surface area contributed by atoms with Gasteiger partial charge in [0.2, 0.25) is 0 Å². The monoisotopic (exact) mass is 458 g/mol. The van der Waals surface area contributed by atoms with Crippen LogP contribution in [0.3, 0.4) is 0 Å². The van der Waals surface area contributed by atoms with E-state index in [9.17, 15) is 9.59 Å². The van der Waals surface area contributed by atoms with Gasteiger partial charge in [-0.2, -0.15) is 0 Å². The highest BCUT2D eigenvalue weighted by Gasteiger charge is 2.45. The zero-order valence-electron chi connectivity index (χ0n) is 18.3. The molecule has 7 nitrogen and oxygen atoms in total. The zero-order valence-corrected chi connectivity index (χ0v) is 19.0. The number of ether oxygens (including phenoxy) is 3. The number of anilines is 2. The summed E-state index contributed by atoms with van der Waals surface area (Å²) in [5.41, 5.74) is 2.46. The summed E-state index contributed by atoms with van der Waals surface area (Å²) in [5, 5.41) is 0.661.